The molecule has 0 bridgehead atoms. The Kier molecular flexibility index (Phi) is 2.83. The molecule has 16 heavy (non-hydrogen) atoms. The highest BCUT2D eigenvalue weighted by molar-refractivity contribution is 5.54. The maximum absolute atomic E-state index is 3.57. The predicted octanol–water partition coefficient (Wildman–Crippen LogP) is 2.34. The first-order chi connectivity index (χ1) is 7.92. The van der Waals surface area contributed by atoms with Gasteiger partial charge < -0.3 is 10.6 Å². The smallest absolute Gasteiger partial charge is 0.0372 e. The normalized spacial score (nSPS) is 23.9. The number of anilines is 1. The largest absolute Gasteiger partial charge is 0.385 e. The summed E-state index contributed by atoms with van der Waals surface area (Å²) < 4.78 is 0. The van der Waals surface area contributed by atoms with E-state index in [-0.39, 0.29) is 0 Å². The van der Waals surface area contributed by atoms with Gasteiger partial charge in [-0.05, 0) is 55.8 Å². The average molecular weight is 216 g/mol. The fourth-order valence-electron chi connectivity index (χ4n) is 2.87. The zero-order valence-electron chi connectivity index (χ0n) is 9.76. The van der Waals surface area contributed by atoms with Crippen molar-refractivity contribution >= 4 is 5.69 Å². The summed E-state index contributed by atoms with van der Waals surface area (Å²) in [6, 6.07) is 7.67. The van der Waals surface area contributed by atoms with E-state index in [1.807, 2.05) is 0 Å². The van der Waals surface area contributed by atoms with Crippen LogP contribution in [-0.2, 0) is 12.8 Å². The van der Waals surface area contributed by atoms with E-state index in [2.05, 4.69) is 28.8 Å². The van der Waals surface area contributed by atoms with Gasteiger partial charge in [0.05, 0.1) is 0 Å². The van der Waals surface area contributed by atoms with E-state index in [0.717, 1.165) is 12.6 Å². The molecule has 2 heteroatoms. The van der Waals surface area contributed by atoms with E-state index in [1.165, 1.54) is 55.5 Å². The molecule has 2 heterocycles. The lowest BCUT2D eigenvalue weighted by atomic mass is 9.97. The molecular weight excluding hydrogens is 196 g/mol. The van der Waals surface area contributed by atoms with Crippen LogP contribution in [0.2, 0.25) is 0 Å². The zero-order chi connectivity index (χ0) is 10.8. The molecule has 0 spiro atoms. The fraction of sp³-hybridized carbons (Fsp3) is 0.571. The van der Waals surface area contributed by atoms with Gasteiger partial charge in [-0.15, -0.1) is 0 Å². The van der Waals surface area contributed by atoms with Gasteiger partial charge in [-0.2, -0.15) is 0 Å². The molecule has 0 aliphatic carbocycles. The first-order valence-corrected chi connectivity index (χ1v) is 6.51. The molecule has 2 N–H and O–H groups in total. The number of nitrogens with one attached hydrogen (secondary N) is 2. The summed E-state index contributed by atoms with van der Waals surface area (Å²) in [5.74, 6) is 0. The summed E-state index contributed by atoms with van der Waals surface area (Å²) in [6.07, 6.45) is 6.41. The summed E-state index contributed by atoms with van der Waals surface area (Å²) in [4.78, 5) is 0. The van der Waals surface area contributed by atoms with Crippen molar-refractivity contribution in [3.05, 3.63) is 29.3 Å². The Hall–Kier alpha value is -1.02. The van der Waals surface area contributed by atoms with Gasteiger partial charge in [0.25, 0.3) is 0 Å². The Morgan fingerprint density at radius 2 is 2.19 bits per heavy atom. The van der Waals surface area contributed by atoms with Crippen LogP contribution in [0.4, 0.5) is 5.69 Å². The Labute approximate surface area is 97.4 Å². The molecule has 1 unspecified atom stereocenters. The molecule has 1 saturated heterocycles. The first-order valence-electron chi connectivity index (χ1n) is 6.51. The SMILES string of the molecule is c1cc2c(cc1CC1CCCN1)CCCN2. The predicted molar refractivity (Wildman–Crippen MR) is 68.0 cm³/mol. The zero-order valence-corrected chi connectivity index (χ0v) is 9.76. The van der Waals surface area contributed by atoms with Crippen LogP contribution < -0.4 is 10.6 Å². The van der Waals surface area contributed by atoms with Crippen LogP contribution in [0.5, 0.6) is 0 Å². The molecule has 1 fully saturated rings. The topological polar surface area (TPSA) is 24.1 Å². The number of benzene rings is 1. The molecule has 2 aliphatic heterocycles. The Morgan fingerprint density at radius 3 is 3.06 bits per heavy atom. The van der Waals surface area contributed by atoms with Gasteiger partial charge in [0.2, 0.25) is 0 Å². The van der Waals surface area contributed by atoms with Gasteiger partial charge in [0.1, 0.15) is 0 Å². The summed E-state index contributed by atoms with van der Waals surface area (Å²) in [5, 5.41) is 7.04. The third-order valence-corrected chi connectivity index (χ3v) is 3.75. The second kappa shape index (κ2) is 4.46. The minimum atomic E-state index is 0.717. The van der Waals surface area contributed by atoms with E-state index >= 15 is 0 Å². The molecule has 1 aromatic carbocycles. The second-order valence-electron chi connectivity index (χ2n) is 5.02. The van der Waals surface area contributed by atoms with Crippen molar-refractivity contribution in [2.24, 2.45) is 0 Å². The summed E-state index contributed by atoms with van der Waals surface area (Å²) in [6.45, 7) is 2.34. The minimum absolute atomic E-state index is 0.717. The van der Waals surface area contributed by atoms with E-state index in [9.17, 15) is 0 Å². The van der Waals surface area contributed by atoms with Crippen LogP contribution in [0, 0.1) is 0 Å². The van der Waals surface area contributed by atoms with Gasteiger partial charge in [-0.25, -0.2) is 0 Å². The average Bonchev–Trinajstić information content (AvgIpc) is 2.82. The lowest BCUT2D eigenvalue weighted by Gasteiger charge is -2.19. The highest BCUT2D eigenvalue weighted by Gasteiger charge is 2.15. The molecule has 2 nitrogen and oxygen atoms in total. The minimum Gasteiger partial charge on any atom is -0.385 e. The van der Waals surface area contributed by atoms with Crippen molar-refractivity contribution in [1.82, 2.24) is 5.32 Å². The van der Waals surface area contributed by atoms with E-state index in [4.69, 9.17) is 0 Å². The molecule has 0 saturated carbocycles. The monoisotopic (exact) mass is 216 g/mol. The second-order valence-corrected chi connectivity index (χ2v) is 5.02. The highest BCUT2D eigenvalue weighted by Crippen LogP contribution is 2.24. The highest BCUT2D eigenvalue weighted by atomic mass is 14.9. The third kappa shape index (κ3) is 2.07. The summed E-state index contributed by atoms with van der Waals surface area (Å²) in [7, 11) is 0. The van der Waals surface area contributed by atoms with Gasteiger partial charge in [-0.3, -0.25) is 0 Å². The summed E-state index contributed by atoms with van der Waals surface area (Å²) >= 11 is 0. The maximum atomic E-state index is 3.57. The van der Waals surface area contributed by atoms with E-state index < -0.39 is 0 Å². The van der Waals surface area contributed by atoms with Crippen LogP contribution in [0.3, 0.4) is 0 Å². The van der Waals surface area contributed by atoms with Crippen LogP contribution in [-0.4, -0.2) is 19.1 Å². The molecule has 2 aliphatic rings. The molecular formula is C14H20N2. The van der Waals surface area contributed by atoms with Crippen molar-refractivity contribution in [2.75, 3.05) is 18.4 Å². The molecule has 0 amide bonds. The van der Waals surface area contributed by atoms with Crippen molar-refractivity contribution < 1.29 is 0 Å². The molecule has 0 aromatic heterocycles. The van der Waals surface area contributed by atoms with Crippen LogP contribution in [0.1, 0.15) is 30.4 Å². The Morgan fingerprint density at radius 1 is 1.19 bits per heavy atom. The van der Waals surface area contributed by atoms with Gasteiger partial charge in [0, 0.05) is 18.3 Å². The molecule has 0 radical (unpaired) electrons. The quantitative estimate of drug-likeness (QED) is 0.793. The van der Waals surface area contributed by atoms with Gasteiger partial charge in [-0.1, -0.05) is 12.1 Å². The maximum Gasteiger partial charge on any atom is 0.0372 e. The fourth-order valence-corrected chi connectivity index (χ4v) is 2.87. The Bertz CT molecular complexity index is 367. The van der Waals surface area contributed by atoms with E-state index in [1.54, 1.807) is 0 Å². The first kappa shape index (κ1) is 10.2. The van der Waals surface area contributed by atoms with Gasteiger partial charge >= 0.3 is 0 Å². The number of fused-ring (bicyclic) bond motifs is 1. The van der Waals surface area contributed by atoms with Crippen LogP contribution in [0.25, 0.3) is 0 Å². The number of hydrogen-bond donors (Lipinski definition) is 2. The molecule has 1 atom stereocenters. The lowest BCUT2D eigenvalue weighted by molar-refractivity contribution is 0.602. The number of hydrogen-bond acceptors (Lipinski definition) is 2. The van der Waals surface area contributed by atoms with Crippen molar-refractivity contribution in [1.29, 1.82) is 0 Å². The standard InChI is InChI=1S/C14H20N2/c1-3-12-9-11(5-6-14(12)16-8-1)10-13-4-2-7-15-13/h5-6,9,13,15-16H,1-4,7-8,10H2. The van der Waals surface area contributed by atoms with Crippen molar-refractivity contribution in [2.45, 2.75) is 38.1 Å². The van der Waals surface area contributed by atoms with Crippen LogP contribution >= 0.6 is 0 Å². The summed E-state index contributed by atoms with van der Waals surface area (Å²) in [5.41, 5.74) is 4.37. The number of aryl methyl sites for hydroxylation is 1. The third-order valence-electron chi connectivity index (χ3n) is 3.75. The molecule has 3 rings (SSSR count). The van der Waals surface area contributed by atoms with E-state index in [0.29, 0.717) is 0 Å². The molecule has 1 aromatic rings. The lowest BCUT2D eigenvalue weighted by Crippen LogP contribution is -2.23. The van der Waals surface area contributed by atoms with Crippen molar-refractivity contribution in [3.8, 4) is 0 Å². The Balaban J connectivity index is 1.74. The van der Waals surface area contributed by atoms with Crippen molar-refractivity contribution in [3.63, 3.8) is 0 Å². The van der Waals surface area contributed by atoms with Crippen LogP contribution in [0.15, 0.2) is 18.2 Å². The molecule has 86 valence electrons. The number of rotatable bonds is 2. The van der Waals surface area contributed by atoms with Gasteiger partial charge in [0.15, 0.2) is 0 Å².